The van der Waals surface area contributed by atoms with Crippen molar-refractivity contribution in [3.05, 3.63) is 71.5 Å². The number of piperazine rings is 1. The standard InChI is InChI=1S/C20H23FN2O/c1-22-13-14-23(19(15-22)17-8-3-2-4-9-17)20(24)12-11-16-7-5-6-10-18(16)21/h2-10,19H,11-15H2,1H3. The average molecular weight is 326 g/mol. The van der Waals surface area contributed by atoms with E-state index >= 15 is 0 Å². The number of carbonyl (C=O) groups excluding carboxylic acids is 1. The van der Waals surface area contributed by atoms with Crippen molar-refractivity contribution in [2.75, 3.05) is 26.7 Å². The van der Waals surface area contributed by atoms with E-state index in [-0.39, 0.29) is 17.8 Å². The van der Waals surface area contributed by atoms with Crippen LogP contribution in [0.25, 0.3) is 0 Å². The minimum Gasteiger partial charge on any atom is -0.333 e. The van der Waals surface area contributed by atoms with Crippen LogP contribution in [0.2, 0.25) is 0 Å². The highest BCUT2D eigenvalue weighted by Gasteiger charge is 2.29. The van der Waals surface area contributed by atoms with Crippen LogP contribution >= 0.6 is 0 Å². The molecule has 1 unspecified atom stereocenters. The largest absolute Gasteiger partial charge is 0.333 e. The quantitative estimate of drug-likeness (QED) is 0.861. The van der Waals surface area contributed by atoms with Gasteiger partial charge in [0.1, 0.15) is 5.82 Å². The number of carbonyl (C=O) groups is 1. The van der Waals surface area contributed by atoms with Gasteiger partial charge in [0, 0.05) is 26.1 Å². The Morgan fingerprint density at radius 2 is 1.79 bits per heavy atom. The van der Waals surface area contributed by atoms with Crippen LogP contribution in [-0.4, -0.2) is 42.4 Å². The minimum atomic E-state index is -0.233. The second kappa shape index (κ2) is 7.58. The van der Waals surface area contributed by atoms with Crippen LogP contribution in [-0.2, 0) is 11.2 Å². The number of hydrogen-bond acceptors (Lipinski definition) is 2. The zero-order valence-electron chi connectivity index (χ0n) is 14.0. The average Bonchev–Trinajstić information content (AvgIpc) is 2.61. The summed E-state index contributed by atoms with van der Waals surface area (Å²) in [5.74, 6) is -0.136. The van der Waals surface area contributed by atoms with Crippen molar-refractivity contribution in [1.82, 2.24) is 9.80 Å². The topological polar surface area (TPSA) is 23.6 Å². The van der Waals surface area contributed by atoms with Crippen LogP contribution in [0.3, 0.4) is 0 Å². The first-order valence-electron chi connectivity index (χ1n) is 8.41. The molecule has 2 aromatic carbocycles. The van der Waals surface area contributed by atoms with Gasteiger partial charge in [-0.3, -0.25) is 4.79 Å². The molecular weight excluding hydrogens is 303 g/mol. The van der Waals surface area contributed by atoms with Gasteiger partial charge < -0.3 is 9.80 Å². The molecule has 3 rings (SSSR count). The van der Waals surface area contributed by atoms with Crippen molar-refractivity contribution < 1.29 is 9.18 Å². The van der Waals surface area contributed by atoms with E-state index in [1.54, 1.807) is 12.1 Å². The Hall–Kier alpha value is -2.20. The Kier molecular flexibility index (Phi) is 5.26. The van der Waals surface area contributed by atoms with Gasteiger partial charge in [-0.25, -0.2) is 4.39 Å². The number of hydrogen-bond donors (Lipinski definition) is 0. The Morgan fingerprint density at radius 1 is 1.08 bits per heavy atom. The van der Waals surface area contributed by atoms with Crippen molar-refractivity contribution in [1.29, 1.82) is 0 Å². The molecule has 0 saturated carbocycles. The van der Waals surface area contributed by atoms with Crippen LogP contribution < -0.4 is 0 Å². The fraction of sp³-hybridized carbons (Fsp3) is 0.350. The molecule has 0 aromatic heterocycles. The summed E-state index contributed by atoms with van der Waals surface area (Å²) in [6, 6.07) is 16.9. The normalized spacial score (nSPS) is 18.6. The summed E-state index contributed by atoms with van der Waals surface area (Å²) >= 11 is 0. The number of halogens is 1. The Labute approximate surface area is 142 Å². The number of rotatable bonds is 4. The second-order valence-corrected chi connectivity index (χ2v) is 6.37. The summed E-state index contributed by atoms with van der Waals surface area (Å²) < 4.78 is 13.7. The van der Waals surface area contributed by atoms with Gasteiger partial charge in [-0.2, -0.15) is 0 Å². The van der Waals surface area contributed by atoms with Crippen LogP contribution in [0, 0.1) is 5.82 Å². The van der Waals surface area contributed by atoms with Gasteiger partial charge in [-0.05, 0) is 30.7 Å². The summed E-state index contributed by atoms with van der Waals surface area (Å²) in [5.41, 5.74) is 1.76. The molecule has 1 heterocycles. The first kappa shape index (κ1) is 16.7. The van der Waals surface area contributed by atoms with Gasteiger partial charge in [-0.15, -0.1) is 0 Å². The zero-order valence-corrected chi connectivity index (χ0v) is 14.0. The van der Waals surface area contributed by atoms with Crippen LogP contribution in [0.5, 0.6) is 0 Å². The summed E-state index contributed by atoms with van der Waals surface area (Å²) in [7, 11) is 2.08. The molecule has 1 aliphatic heterocycles. The third-order valence-corrected chi connectivity index (χ3v) is 4.65. The van der Waals surface area contributed by atoms with E-state index in [1.165, 1.54) is 6.07 Å². The monoisotopic (exact) mass is 326 g/mol. The van der Waals surface area contributed by atoms with E-state index in [2.05, 4.69) is 24.1 Å². The smallest absolute Gasteiger partial charge is 0.223 e. The Bertz CT molecular complexity index is 689. The van der Waals surface area contributed by atoms with Gasteiger partial charge in [0.25, 0.3) is 0 Å². The molecule has 1 fully saturated rings. The lowest BCUT2D eigenvalue weighted by Gasteiger charge is -2.40. The van der Waals surface area contributed by atoms with Crippen LogP contribution in [0.15, 0.2) is 54.6 Å². The highest BCUT2D eigenvalue weighted by Crippen LogP contribution is 2.26. The van der Waals surface area contributed by atoms with E-state index in [4.69, 9.17) is 0 Å². The Balaban J connectivity index is 1.71. The summed E-state index contributed by atoms with van der Waals surface area (Å²) in [6.45, 7) is 2.41. The maximum atomic E-state index is 13.7. The highest BCUT2D eigenvalue weighted by molar-refractivity contribution is 5.77. The SMILES string of the molecule is CN1CCN(C(=O)CCc2ccccc2F)C(c2ccccc2)C1. The first-order valence-corrected chi connectivity index (χ1v) is 8.41. The van der Waals surface area contributed by atoms with E-state index in [0.29, 0.717) is 24.9 Å². The lowest BCUT2D eigenvalue weighted by Crippen LogP contribution is -2.49. The first-order chi connectivity index (χ1) is 11.6. The summed E-state index contributed by atoms with van der Waals surface area (Å²) in [4.78, 5) is 17.0. The van der Waals surface area contributed by atoms with E-state index < -0.39 is 0 Å². The third kappa shape index (κ3) is 3.82. The molecule has 24 heavy (non-hydrogen) atoms. The van der Waals surface area contributed by atoms with Crippen molar-refractivity contribution in [3.63, 3.8) is 0 Å². The van der Waals surface area contributed by atoms with Crippen molar-refractivity contribution in [2.24, 2.45) is 0 Å². The Morgan fingerprint density at radius 3 is 2.54 bits per heavy atom. The molecule has 1 atom stereocenters. The number of amides is 1. The summed E-state index contributed by atoms with van der Waals surface area (Å²) in [5, 5.41) is 0. The molecule has 3 nitrogen and oxygen atoms in total. The number of benzene rings is 2. The van der Waals surface area contributed by atoms with Gasteiger partial charge in [0.15, 0.2) is 0 Å². The van der Waals surface area contributed by atoms with Gasteiger partial charge >= 0.3 is 0 Å². The summed E-state index contributed by atoms with van der Waals surface area (Å²) in [6.07, 6.45) is 0.785. The predicted molar refractivity (Wildman–Crippen MR) is 93.1 cm³/mol. The van der Waals surface area contributed by atoms with Crippen LogP contribution in [0.4, 0.5) is 4.39 Å². The molecule has 1 aliphatic rings. The fourth-order valence-electron chi connectivity index (χ4n) is 3.26. The van der Waals surface area contributed by atoms with Gasteiger partial charge in [-0.1, -0.05) is 48.5 Å². The van der Waals surface area contributed by atoms with E-state index in [0.717, 1.165) is 18.7 Å². The van der Waals surface area contributed by atoms with Crippen molar-refractivity contribution in [3.8, 4) is 0 Å². The molecule has 4 heteroatoms. The van der Waals surface area contributed by atoms with Gasteiger partial charge in [0.2, 0.25) is 5.91 Å². The van der Waals surface area contributed by atoms with E-state index in [9.17, 15) is 9.18 Å². The molecule has 2 aromatic rings. The number of nitrogens with zero attached hydrogens (tertiary/aromatic N) is 2. The van der Waals surface area contributed by atoms with Gasteiger partial charge in [0.05, 0.1) is 6.04 Å². The molecule has 0 spiro atoms. The van der Waals surface area contributed by atoms with E-state index in [1.807, 2.05) is 29.2 Å². The van der Waals surface area contributed by atoms with Crippen molar-refractivity contribution >= 4 is 5.91 Å². The molecular formula is C20H23FN2O. The zero-order chi connectivity index (χ0) is 16.9. The molecule has 126 valence electrons. The molecule has 0 aliphatic carbocycles. The van der Waals surface area contributed by atoms with Crippen molar-refractivity contribution in [2.45, 2.75) is 18.9 Å². The molecule has 1 saturated heterocycles. The molecule has 0 bridgehead atoms. The minimum absolute atomic E-state index is 0.0677. The highest BCUT2D eigenvalue weighted by atomic mass is 19.1. The lowest BCUT2D eigenvalue weighted by atomic mass is 10.0. The predicted octanol–water partition coefficient (Wildman–Crippen LogP) is 3.27. The maximum Gasteiger partial charge on any atom is 0.223 e. The molecule has 0 radical (unpaired) electrons. The molecule has 0 N–H and O–H groups in total. The maximum absolute atomic E-state index is 13.7. The molecule has 1 amide bonds. The number of aryl methyl sites for hydroxylation is 1. The fourth-order valence-corrected chi connectivity index (χ4v) is 3.26. The number of likely N-dealkylation sites (N-methyl/N-ethyl adjacent to an activating group) is 1. The third-order valence-electron chi connectivity index (χ3n) is 4.65. The second-order valence-electron chi connectivity index (χ2n) is 6.37. The van der Waals surface area contributed by atoms with Crippen LogP contribution in [0.1, 0.15) is 23.6 Å². The lowest BCUT2D eigenvalue weighted by molar-refractivity contribution is -0.136.